The van der Waals surface area contributed by atoms with Crippen molar-refractivity contribution >= 4 is 108 Å². The maximum Gasteiger partial charge on any atom is 0.573 e. The molecule has 5 aromatic carbocycles. The number of nitrogens with two attached hydrogens (primary N) is 1. The van der Waals surface area contributed by atoms with Crippen molar-refractivity contribution in [3.63, 3.8) is 0 Å². The van der Waals surface area contributed by atoms with Crippen LogP contribution in [0.25, 0.3) is 112 Å². The third-order valence-electron chi connectivity index (χ3n) is 28.1. The molecule has 0 atom stereocenters. The molecule has 0 radical (unpaired) electrons. The summed E-state index contributed by atoms with van der Waals surface area (Å²) in [6.45, 7) is 28.8. The van der Waals surface area contributed by atoms with Gasteiger partial charge in [0.25, 0.3) is 0 Å². The number of aromatic nitrogens is 20. The summed E-state index contributed by atoms with van der Waals surface area (Å²) in [5.41, 5.74) is 15.4. The fraction of sp³-hybridized carbons (Fsp3) is 0.408. The van der Waals surface area contributed by atoms with Gasteiger partial charge in [-0.15, -0.1) is 19.6 Å². The van der Waals surface area contributed by atoms with Crippen LogP contribution in [0.3, 0.4) is 0 Å². The zero-order chi connectivity index (χ0) is 97.1. The quantitative estimate of drug-likeness (QED) is 0.0410. The zero-order valence-electron chi connectivity index (χ0n) is 77.2. The summed E-state index contributed by atoms with van der Waals surface area (Å²) < 4.78 is 124. The molecule has 0 bridgehead atoms. The number of alkyl halides is 6. The van der Waals surface area contributed by atoms with Gasteiger partial charge >= 0.3 is 12.5 Å². The fourth-order valence-electron chi connectivity index (χ4n) is 17.6. The Balaban J connectivity index is 0.000000124. The number of nitrogens with zero attached hydrogens (tertiary/aromatic N) is 21. The summed E-state index contributed by atoms with van der Waals surface area (Å²) in [6.07, 6.45) is 19.2. The normalized spacial score (nSPS) is 16.8. The van der Waals surface area contributed by atoms with Gasteiger partial charge in [0.1, 0.15) is 74.4 Å². The van der Waals surface area contributed by atoms with E-state index in [1.54, 1.807) is 62.2 Å². The molecule has 137 heavy (non-hydrogen) atoms. The highest BCUT2D eigenvalue weighted by atomic mass is 35.5. The highest BCUT2D eigenvalue weighted by molar-refractivity contribution is 6.35. The molecule has 5 saturated heterocycles. The van der Waals surface area contributed by atoms with E-state index >= 15 is 0 Å². The Kier molecular flexibility index (Phi) is 28.1. The van der Waals surface area contributed by atoms with Crippen LogP contribution in [-0.4, -0.2) is 178 Å². The van der Waals surface area contributed by atoms with E-state index in [0.717, 1.165) is 183 Å². The number of fused-ring (bicyclic) bond motifs is 5. The standard InChI is InChI=1S/C20H21ClN6.C20H21F4N5O.C20H21F4N5.C20H24FN5.C18H17ClN6/c1-3-20(2)7-9-27(10-8-20)15-12-23-18-17(25-26-19(18)24-15)14-6-4-5-13(11-22)16(14)21;1-3-19(2)7-9-29(10-8-19)14-11-25-17-16(27-28-18(17)26-14)12-5-4-6-13(15(12)21)30-20(22,23)24;1-3-19(2)7-9-29(10-8-19)14-11-25-17-16(27-28-18(17)26-14)12-5-4-6-13(15(12)21)20(22,23)24;1-4-20(3)8-10-26(11-9-20)15-12-22-18-17(24-25-19(18)23-15)14-7-5-6-13(2)16(14)21;1-2-18(20)7-9-25(10-8-18)14-11-21-16-15(23-24-17(16)22-14)12-5-3-4-6-13(12)19/h4-6,12H,3,7-10H2,1-2H3,(H,24,25,26);4-6,11H,3,7-10H2,1-2H3,(H,26,27,28);4-6,11H,3,7-10H2,1-2H3,(H,26,27,28);5-7,12H,4,8-11H2,1-3H3,(H,23,24,25);1,3-6,11H,7-10,20H2,(H,22,23,24). The van der Waals surface area contributed by atoms with Crippen molar-refractivity contribution in [1.29, 1.82) is 5.26 Å². The molecular formula is C98H104Cl2F9N27O. The van der Waals surface area contributed by atoms with Gasteiger partial charge in [-0.2, -0.15) is 43.9 Å². The number of anilines is 5. The predicted octanol–water partition coefficient (Wildman–Crippen LogP) is 21.9. The molecule has 5 aliphatic heterocycles. The number of hydrogen-bond donors (Lipinski definition) is 6. The van der Waals surface area contributed by atoms with Gasteiger partial charge in [0, 0.05) is 93.3 Å². The number of terminal acetylenes is 1. The zero-order valence-corrected chi connectivity index (χ0v) is 78.7. The van der Waals surface area contributed by atoms with Gasteiger partial charge in [-0.3, -0.25) is 25.5 Å². The SMILES string of the molecule is C#CC1(N)CCN(c2cnc3c(-c4ccccc4Cl)[nH]nc3n2)CC1.CCC1(C)CCN(c2cnc3c(-c4cccc(C#N)c4Cl)[nH]nc3n2)CC1.CCC1(C)CCN(c2cnc3c(-c4cccc(C(F)(F)F)c4F)[nH]nc3n2)CC1.CCC1(C)CCN(c2cnc3c(-c4cccc(C)c4F)[nH]nc3n2)CC1.CCC1(C)CCN(c2cnc3c(-c4cccc(OC(F)(F)F)c4F)[nH]nc3n2)CC1. The number of aryl methyl sites for hydroxylation is 1. The number of hydrogen-bond acceptors (Lipinski definition) is 23. The minimum absolute atomic E-state index is 0.0832. The van der Waals surface area contributed by atoms with Gasteiger partial charge in [0.05, 0.1) is 86.2 Å². The second kappa shape index (κ2) is 39.7. The van der Waals surface area contributed by atoms with Gasteiger partial charge in [-0.25, -0.2) is 63.0 Å². The molecule has 5 aliphatic rings. The number of ether oxygens (including phenoxy) is 1. The van der Waals surface area contributed by atoms with Gasteiger partial charge < -0.3 is 35.0 Å². The van der Waals surface area contributed by atoms with Gasteiger partial charge in [0.15, 0.2) is 11.6 Å². The average molecular weight is 1920 g/mol. The molecule has 0 unspecified atom stereocenters. The summed E-state index contributed by atoms with van der Waals surface area (Å²) in [4.78, 5) is 56.4. The van der Waals surface area contributed by atoms with Gasteiger partial charge in [-0.1, -0.05) is 165 Å². The molecule has 7 N–H and O–H groups in total. The topological polar surface area (TPSA) is 348 Å². The number of rotatable bonds is 15. The smallest absolute Gasteiger partial charge is 0.403 e. The van der Waals surface area contributed by atoms with Crippen molar-refractivity contribution < 1.29 is 44.3 Å². The number of piperidine rings is 5. The Hall–Kier alpha value is -13.4. The van der Waals surface area contributed by atoms with Crippen LogP contribution in [0.2, 0.25) is 10.0 Å². The minimum atomic E-state index is -4.99. The molecule has 0 amide bonds. The van der Waals surface area contributed by atoms with Crippen LogP contribution < -0.4 is 35.0 Å². The molecule has 15 aromatic rings. The van der Waals surface area contributed by atoms with Crippen molar-refractivity contribution in [2.24, 2.45) is 27.4 Å². The van der Waals surface area contributed by atoms with Crippen LogP contribution >= 0.6 is 23.2 Å². The molecule has 0 spiro atoms. The van der Waals surface area contributed by atoms with Crippen LogP contribution in [0.4, 0.5) is 68.6 Å². The van der Waals surface area contributed by atoms with Gasteiger partial charge in [-0.05, 0) is 141 Å². The lowest BCUT2D eigenvalue weighted by molar-refractivity contribution is -0.275. The maximum absolute atomic E-state index is 14.6. The molecular weight excluding hydrogens is 1810 g/mol. The summed E-state index contributed by atoms with van der Waals surface area (Å²) in [7, 11) is 0. The summed E-state index contributed by atoms with van der Waals surface area (Å²) in [6, 6.07) is 27.0. The lowest BCUT2D eigenvalue weighted by Crippen LogP contribution is -2.49. The molecule has 5 fully saturated rings. The monoisotopic (exact) mass is 1920 g/mol. The van der Waals surface area contributed by atoms with Gasteiger partial charge in [0.2, 0.25) is 28.2 Å². The molecule has 714 valence electrons. The van der Waals surface area contributed by atoms with E-state index in [-0.39, 0.29) is 50.7 Å². The molecule has 0 saturated carbocycles. The van der Waals surface area contributed by atoms with Crippen molar-refractivity contribution in [2.45, 2.75) is 170 Å². The Bertz CT molecular complexity index is 6940. The van der Waals surface area contributed by atoms with E-state index < -0.39 is 41.0 Å². The fourth-order valence-corrected chi connectivity index (χ4v) is 18.1. The first-order valence-corrected chi connectivity index (χ1v) is 46.5. The third kappa shape index (κ3) is 21.0. The minimum Gasteiger partial charge on any atom is -0.403 e. The Morgan fingerprint density at radius 3 is 1.04 bits per heavy atom. The Labute approximate surface area is 794 Å². The van der Waals surface area contributed by atoms with Crippen molar-refractivity contribution in [2.75, 3.05) is 89.9 Å². The Morgan fingerprint density at radius 2 is 0.708 bits per heavy atom. The maximum atomic E-state index is 14.6. The van der Waals surface area contributed by atoms with Crippen molar-refractivity contribution in [1.82, 2.24) is 101 Å². The summed E-state index contributed by atoms with van der Waals surface area (Å²) >= 11 is 12.6. The first kappa shape index (κ1) is 96.7. The average Bonchev–Trinajstić information content (AvgIpc) is 1.66. The number of benzene rings is 5. The summed E-state index contributed by atoms with van der Waals surface area (Å²) in [5, 5.41) is 45.4. The first-order valence-electron chi connectivity index (χ1n) is 45.7. The first-order chi connectivity index (χ1) is 65.5. The third-order valence-corrected chi connectivity index (χ3v) is 28.9. The number of nitrogens with one attached hydrogen (secondary N) is 5. The lowest BCUT2D eigenvalue weighted by Gasteiger charge is -2.39. The largest absolute Gasteiger partial charge is 0.573 e. The molecule has 15 heterocycles. The van der Waals surface area contributed by atoms with Crippen molar-refractivity contribution in [3.05, 3.63) is 172 Å². The number of halogens is 11. The van der Waals surface area contributed by atoms with E-state index in [1.165, 1.54) is 31.0 Å². The molecule has 28 nitrogen and oxygen atoms in total. The van der Waals surface area contributed by atoms with Crippen LogP contribution in [-0.2, 0) is 6.18 Å². The van der Waals surface area contributed by atoms with Crippen LogP contribution in [0, 0.1) is 69.7 Å². The molecule has 39 heteroatoms. The second-order valence-electron chi connectivity index (χ2n) is 36.9. The molecule has 0 aliphatic carbocycles. The van der Waals surface area contributed by atoms with E-state index in [4.69, 9.17) is 40.3 Å². The second-order valence-corrected chi connectivity index (χ2v) is 37.7. The van der Waals surface area contributed by atoms with E-state index in [2.05, 4.69) is 192 Å². The Morgan fingerprint density at radius 1 is 0.409 bits per heavy atom. The number of nitriles is 1. The summed E-state index contributed by atoms with van der Waals surface area (Å²) in [5.74, 6) is 2.84. The van der Waals surface area contributed by atoms with Crippen molar-refractivity contribution in [3.8, 4) is 80.4 Å². The number of H-pyrrole nitrogens is 5. The highest BCUT2D eigenvalue weighted by Gasteiger charge is 2.39. The molecule has 20 rings (SSSR count). The lowest BCUT2D eigenvalue weighted by atomic mass is 9.78. The predicted molar refractivity (Wildman–Crippen MR) is 513 cm³/mol. The van der Waals surface area contributed by atoms with E-state index in [1.807, 2.05) is 36.4 Å². The van der Waals surface area contributed by atoms with Crippen LogP contribution in [0.5, 0.6) is 5.75 Å². The van der Waals surface area contributed by atoms with E-state index in [0.29, 0.717) is 117 Å². The van der Waals surface area contributed by atoms with Crippen LogP contribution in [0.1, 0.15) is 162 Å². The number of aromatic amines is 5. The van der Waals surface area contributed by atoms with E-state index in [9.17, 15) is 44.8 Å². The van der Waals surface area contributed by atoms with Crippen LogP contribution in [0.15, 0.2) is 128 Å². The highest BCUT2D eigenvalue weighted by Crippen LogP contribution is 2.45. The molecule has 10 aromatic heterocycles.